The molecule has 0 unspecified atom stereocenters. The number of amides is 1. The molecule has 1 amide bonds. The van der Waals surface area contributed by atoms with Crippen molar-refractivity contribution in [1.29, 1.82) is 0 Å². The molecule has 0 atom stereocenters. The quantitative estimate of drug-likeness (QED) is 0.541. The molecule has 0 radical (unpaired) electrons. The molecule has 6 nitrogen and oxygen atoms in total. The molecular weight excluding hydrogens is 442 g/mol. The van der Waals surface area contributed by atoms with Crippen LogP contribution in [0.15, 0.2) is 34.9 Å². The maximum Gasteiger partial charge on any atom is 0.253 e. The minimum absolute atomic E-state index is 0.0553. The minimum atomic E-state index is -0.0553. The summed E-state index contributed by atoms with van der Waals surface area (Å²) >= 11 is 9.76. The maximum atomic E-state index is 12.8. The van der Waals surface area contributed by atoms with Gasteiger partial charge in [0, 0.05) is 19.2 Å². The van der Waals surface area contributed by atoms with Gasteiger partial charge < -0.3 is 4.90 Å². The first-order valence-corrected chi connectivity index (χ1v) is 10.2. The summed E-state index contributed by atoms with van der Waals surface area (Å²) in [5.41, 5.74) is 4.62. The number of aromatic nitrogens is 4. The first-order valence-electron chi connectivity index (χ1n) is 9.05. The highest BCUT2D eigenvalue weighted by Crippen LogP contribution is 2.21. The molecule has 0 N–H and O–H groups in total. The standard InChI is InChI=1S/C20H23BrClN5O/c1-5-26-18(17(22)10-23-26)12-25(4)20(28)16-8-6-15(7-9-16)11-27-14(3)19(21)13(2)24-27/h6-10H,5,11-12H2,1-4H3. The average Bonchev–Trinajstić information content (AvgIpc) is 3.16. The molecule has 0 saturated heterocycles. The Morgan fingerprint density at radius 2 is 1.89 bits per heavy atom. The molecule has 0 spiro atoms. The second-order valence-corrected chi connectivity index (χ2v) is 7.96. The lowest BCUT2D eigenvalue weighted by molar-refractivity contribution is 0.0781. The fraction of sp³-hybridized carbons (Fsp3) is 0.350. The van der Waals surface area contributed by atoms with E-state index < -0.39 is 0 Å². The molecule has 2 heterocycles. The van der Waals surface area contributed by atoms with E-state index in [4.69, 9.17) is 11.6 Å². The van der Waals surface area contributed by atoms with Crippen LogP contribution in [0.1, 0.15) is 39.9 Å². The Morgan fingerprint density at radius 1 is 1.21 bits per heavy atom. The first kappa shape index (κ1) is 20.6. The van der Waals surface area contributed by atoms with E-state index >= 15 is 0 Å². The van der Waals surface area contributed by atoms with Gasteiger partial charge in [0.05, 0.1) is 45.9 Å². The van der Waals surface area contributed by atoms with Crippen LogP contribution in [0.3, 0.4) is 0 Å². The normalized spacial score (nSPS) is 11.1. The predicted octanol–water partition coefficient (Wildman–Crippen LogP) is 4.45. The van der Waals surface area contributed by atoms with E-state index in [1.165, 1.54) is 0 Å². The van der Waals surface area contributed by atoms with E-state index in [0.717, 1.165) is 27.1 Å². The van der Waals surface area contributed by atoms with Crippen LogP contribution in [0.25, 0.3) is 0 Å². The number of halogens is 2. The van der Waals surface area contributed by atoms with Gasteiger partial charge in [-0.1, -0.05) is 23.7 Å². The van der Waals surface area contributed by atoms with Gasteiger partial charge in [-0.15, -0.1) is 0 Å². The first-order chi connectivity index (χ1) is 13.3. The second-order valence-electron chi connectivity index (χ2n) is 6.76. The fourth-order valence-electron chi connectivity index (χ4n) is 3.09. The summed E-state index contributed by atoms with van der Waals surface area (Å²) in [6.07, 6.45) is 1.62. The number of rotatable bonds is 6. The molecule has 0 aliphatic carbocycles. The van der Waals surface area contributed by atoms with E-state index in [9.17, 15) is 4.79 Å². The van der Waals surface area contributed by atoms with Crippen LogP contribution in [0.5, 0.6) is 0 Å². The van der Waals surface area contributed by atoms with E-state index in [1.807, 2.05) is 54.4 Å². The van der Waals surface area contributed by atoms with Crippen molar-refractivity contribution >= 4 is 33.4 Å². The zero-order valence-corrected chi connectivity index (χ0v) is 18.8. The molecule has 0 bridgehead atoms. The van der Waals surface area contributed by atoms with Crippen LogP contribution in [-0.4, -0.2) is 37.4 Å². The second kappa shape index (κ2) is 8.49. The number of hydrogen-bond donors (Lipinski definition) is 0. The topological polar surface area (TPSA) is 56.0 Å². The van der Waals surface area contributed by atoms with Gasteiger partial charge in [-0.25, -0.2) is 0 Å². The number of carbonyl (C=O) groups is 1. The lowest BCUT2D eigenvalue weighted by Gasteiger charge is -2.18. The summed E-state index contributed by atoms with van der Waals surface area (Å²) in [6, 6.07) is 7.64. The molecule has 0 fully saturated rings. The van der Waals surface area contributed by atoms with Gasteiger partial charge in [0.25, 0.3) is 5.91 Å². The van der Waals surface area contributed by atoms with Crippen molar-refractivity contribution < 1.29 is 4.79 Å². The molecule has 28 heavy (non-hydrogen) atoms. The highest BCUT2D eigenvalue weighted by molar-refractivity contribution is 9.10. The molecule has 148 valence electrons. The summed E-state index contributed by atoms with van der Waals surface area (Å²) < 4.78 is 4.80. The van der Waals surface area contributed by atoms with Crippen molar-refractivity contribution in [3.05, 3.63) is 68.2 Å². The Balaban J connectivity index is 1.70. The van der Waals surface area contributed by atoms with Crippen LogP contribution in [-0.2, 0) is 19.6 Å². The molecule has 8 heteroatoms. The van der Waals surface area contributed by atoms with Gasteiger partial charge in [-0.2, -0.15) is 10.2 Å². The largest absolute Gasteiger partial charge is 0.336 e. The summed E-state index contributed by atoms with van der Waals surface area (Å²) in [5, 5.41) is 9.33. The SMILES string of the molecule is CCn1ncc(Cl)c1CN(C)C(=O)c1ccc(Cn2nc(C)c(Br)c2C)cc1. The van der Waals surface area contributed by atoms with Crippen molar-refractivity contribution in [3.63, 3.8) is 0 Å². The number of benzene rings is 1. The van der Waals surface area contributed by atoms with Crippen molar-refractivity contribution in [1.82, 2.24) is 24.5 Å². The number of aryl methyl sites for hydroxylation is 2. The third-order valence-corrected chi connectivity index (χ3v) is 6.22. The van der Waals surface area contributed by atoms with Gasteiger partial charge in [0.1, 0.15) is 0 Å². The highest BCUT2D eigenvalue weighted by Gasteiger charge is 2.17. The molecule has 1 aromatic carbocycles. The molecule has 3 rings (SSSR count). The molecular formula is C20H23BrClN5O. The number of carbonyl (C=O) groups excluding carboxylic acids is 1. The summed E-state index contributed by atoms with van der Waals surface area (Å²) in [6.45, 7) is 7.78. The third-order valence-electron chi connectivity index (χ3n) is 4.76. The van der Waals surface area contributed by atoms with E-state index in [0.29, 0.717) is 30.2 Å². The zero-order chi connectivity index (χ0) is 20.4. The Kier molecular flexibility index (Phi) is 6.25. The molecule has 0 saturated carbocycles. The summed E-state index contributed by atoms with van der Waals surface area (Å²) in [4.78, 5) is 14.4. The fourth-order valence-corrected chi connectivity index (χ4v) is 3.57. The van der Waals surface area contributed by atoms with E-state index in [2.05, 4.69) is 26.1 Å². The van der Waals surface area contributed by atoms with E-state index in [-0.39, 0.29) is 5.91 Å². The van der Waals surface area contributed by atoms with Crippen molar-refractivity contribution in [2.24, 2.45) is 0 Å². The third kappa shape index (κ3) is 4.15. The maximum absolute atomic E-state index is 12.8. The van der Waals surface area contributed by atoms with Gasteiger partial charge in [-0.05, 0) is 54.4 Å². The Labute approximate surface area is 178 Å². The van der Waals surface area contributed by atoms with Gasteiger partial charge in [0.2, 0.25) is 0 Å². The van der Waals surface area contributed by atoms with Gasteiger partial charge >= 0.3 is 0 Å². The average molecular weight is 465 g/mol. The van der Waals surface area contributed by atoms with E-state index in [1.54, 1.807) is 18.1 Å². The zero-order valence-electron chi connectivity index (χ0n) is 16.4. The summed E-state index contributed by atoms with van der Waals surface area (Å²) in [7, 11) is 1.77. The van der Waals surface area contributed by atoms with Crippen LogP contribution in [0.2, 0.25) is 5.02 Å². The van der Waals surface area contributed by atoms with Crippen molar-refractivity contribution in [3.8, 4) is 0 Å². The van der Waals surface area contributed by atoms with Gasteiger partial charge in [-0.3, -0.25) is 14.2 Å². The van der Waals surface area contributed by atoms with Crippen LogP contribution >= 0.6 is 27.5 Å². The summed E-state index contributed by atoms with van der Waals surface area (Å²) in [5.74, 6) is -0.0553. The monoisotopic (exact) mass is 463 g/mol. The predicted molar refractivity (Wildman–Crippen MR) is 114 cm³/mol. The Bertz CT molecular complexity index is 993. The molecule has 0 aliphatic rings. The Hall–Kier alpha value is -2.12. The molecule has 2 aromatic heterocycles. The van der Waals surface area contributed by atoms with Crippen LogP contribution < -0.4 is 0 Å². The van der Waals surface area contributed by atoms with Gasteiger partial charge in [0.15, 0.2) is 0 Å². The minimum Gasteiger partial charge on any atom is -0.336 e. The number of hydrogen-bond acceptors (Lipinski definition) is 3. The Morgan fingerprint density at radius 3 is 2.46 bits per heavy atom. The smallest absolute Gasteiger partial charge is 0.253 e. The van der Waals surface area contributed by atoms with Crippen LogP contribution in [0, 0.1) is 13.8 Å². The lowest BCUT2D eigenvalue weighted by Crippen LogP contribution is -2.27. The molecule has 0 aliphatic heterocycles. The molecule has 3 aromatic rings. The van der Waals surface area contributed by atoms with Crippen LogP contribution in [0.4, 0.5) is 0 Å². The highest BCUT2D eigenvalue weighted by atomic mass is 79.9. The van der Waals surface area contributed by atoms with Crippen molar-refractivity contribution in [2.75, 3.05) is 7.05 Å². The lowest BCUT2D eigenvalue weighted by atomic mass is 10.1. The van der Waals surface area contributed by atoms with Crippen molar-refractivity contribution in [2.45, 2.75) is 40.4 Å². The number of nitrogens with zero attached hydrogens (tertiary/aromatic N) is 5.